The van der Waals surface area contributed by atoms with E-state index in [1.54, 1.807) is 0 Å². The van der Waals surface area contributed by atoms with Crippen LogP contribution < -0.4 is 4.74 Å². The minimum Gasteiger partial charge on any atom is -0.493 e. The summed E-state index contributed by atoms with van der Waals surface area (Å²) < 4.78 is 55.9. The summed E-state index contributed by atoms with van der Waals surface area (Å²) in [6, 6.07) is 1.76. The van der Waals surface area contributed by atoms with E-state index in [4.69, 9.17) is 9.84 Å². The average Bonchev–Trinajstić information content (AvgIpc) is 2.85. The monoisotopic (exact) mass is 332 g/mol. The number of aromatic amines is 1. The van der Waals surface area contributed by atoms with Gasteiger partial charge in [0.05, 0.1) is 18.4 Å². The molecule has 1 aromatic carbocycles. The predicted octanol–water partition coefficient (Wildman–Crippen LogP) is 1.47. The van der Waals surface area contributed by atoms with Gasteiger partial charge < -0.3 is 9.84 Å². The van der Waals surface area contributed by atoms with Crippen LogP contribution in [0.15, 0.2) is 17.0 Å². The third-order valence-electron chi connectivity index (χ3n) is 2.79. The number of methoxy groups -OCH3 is 1. The van der Waals surface area contributed by atoms with Gasteiger partial charge in [-0.1, -0.05) is 0 Å². The molecule has 1 heterocycles. The molecule has 0 saturated carbocycles. The summed E-state index contributed by atoms with van der Waals surface area (Å²) in [7, 11) is -3.09. The Labute approximate surface area is 123 Å². The highest BCUT2D eigenvalue weighted by atomic mass is 32.2. The molecule has 0 unspecified atom stereocenters. The maximum Gasteiger partial charge on any atom is 0.353 e. The molecule has 22 heavy (non-hydrogen) atoms. The maximum absolute atomic E-state index is 14.2. The van der Waals surface area contributed by atoms with Crippen molar-refractivity contribution in [1.29, 1.82) is 0 Å². The van der Waals surface area contributed by atoms with Crippen molar-refractivity contribution in [3.63, 3.8) is 0 Å². The highest BCUT2D eigenvalue weighted by molar-refractivity contribution is 7.90. The lowest BCUT2D eigenvalue weighted by Crippen LogP contribution is -2.07. The van der Waals surface area contributed by atoms with Crippen LogP contribution in [0.5, 0.6) is 5.75 Å². The number of nitrogens with zero attached hydrogens (tertiary/aromatic N) is 1. The highest BCUT2D eigenvalue weighted by Crippen LogP contribution is 2.36. The Bertz CT molecular complexity index is 861. The molecule has 0 saturated heterocycles. The first kappa shape index (κ1) is 15.9. The second-order valence-corrected chi connectivity index (χ2v) is 6.28. The Morgan fingerprint density at radius 3 is 2.45 bits per heavy atom. The predicted molar refractivity (Wildman–Crippen MR) is 70.6 cm³/mol. The fourth-order valence-corrected chi connectivity index (χ4v) is 2.71. The summed E-state index contributed by atoms with van der Waals surface area (Å²) in [6.07, 6.45) is 0.657. The molecule has 0 bridgehead atoms. The Morgan fingerprint density at radius 1 is 1.36 bits per heavy atom. The molecule has 7 nitrogen and oxygen atoms in total. The number of benzene rings is 1. The van der Waals surface area contributed by atoms with Gasteiger partial charge in [0.15, 0.2) is 21.4 Å². The normalized spacial score (nSPS) is 11.5. The summed E-state index contributed by atoms with van der Waals surface area (Å²) in [6.45, 7) is 0. The third-order valence-corrected chi connectivity index (χ3v) is 3.91. The summed E-state index contributed by atoms with van der Waals surface area (Å²) in [5, 5.41) is 14.6. The van der Waals surface area contributed by atoms with Crippen molar-refractivity contribution in [2.24, 2.45) is 0 Å². The van der Waals surface area contributed by atoms with Gasteiger partial charge in [-0.25, -0.2) is 22.0 Å². The van der Waals surface area contributed by atoms with Crippen molar-refractivity contribution in [1.82, 2.24) is 10.2 Å². The molecule has 2 rings (SSSR count). The highest BCUT2D eigenvalue weighted by Gasteiger charge is 2.27. The maximum atomic E-state index is 14.2. The second kappa shape index (κ2) is 5.37. The zero-order valence-electron chi connectivity index (χ0n) is 11.3. The zero-order chi connectivity index (χ0) is 16.7. The van der Waals surface area contributed by atoms with Gasteiger partial charge in [-0.05, 0) is 12.1 Å². The van der Waals surface area contributed by atoms with Crippen LogP contribution in [0.4, 0.5) is 8.78 Å². The number of aromatic carboxylic acids is 1. The number of hydrogen-bond acceptors (Lipinski definition) is 5. The molecule has 0 radical (unpaired) electrons. The van der Waals surface area contributed by atoms with Crippen molar-refractivity contribution < 1.29 is 31.8 Å². The molecule has 0 aliphatic heterocycles. The minimum atomic E-state index is -4.16. The van der Waals surface area contributed by atoms with Gasteiger partial charge in [0.25, 0.3) is 0 Å². The van der Waals surface area contributed by atoms with Crippen molar-refractivity contribution >= 4 is 15.8 Å². The first-order valence-electron chi connectivity index (χ1n) is 5.72. The van der Waals surface area contributed by atoms with Crippen molar-refractivity contribution in [2.75, 3.05) is 13.4 Å². The van der Waals surface area contributed by atoms with Gasteiger partial charge in [0.1, 0.15) is 16.4 Å². The number of carboxylic acids is 1. The standard InChI is InChI=1S/C12H10F2N2O5S/c1-21-10-5(7-4-8(12(17)18)16-15-7)3-6(13)11(9(10)14)22(2,19)20/h3-4H,1-2H3,(H,15,16)(H,17,18). The van der Waals surface area contributed by atoms with E-state index in [0.717, 1.165) is 19.2 Å². The molecule has 0 aliphatic rings. The van der Waals surface area contributed by atoms with E-state index >= 15 is 0 Å². The van der Waals surface area contributed by atoms with Gasteiger partial charge >= 0.3 is 5.97 Å². The number of rotatable bonds is 4. The molecule has 0 spiro atoms. The van der Waals surface area contributed by atoms with Gasteiger partial charge in [0.2, 0.25) is 0 Å². The fourth-order valence-electron chi connectivity index (χ4n) is 1.88. The van der Waals surface area contributed by atoms with E-state index < -0.39 is 38.1 Å². The van der Waals surface area contributed by atoms with Crippen LogP contribution in [-0.2, 0) is 9.84 Å². The quantitative estimate of drug-likeness (QED) is 0.877. The summed E-state index contributed by atoms with van der Waals surface area (Å²) in [5.41, 5.74) is -0.620. The number of sulfone groups is 1. The first-order valence-corrected chi connectivity index (χ1v) is 7.61. The molecule has 118 valence electrons. The lowest BCUT2D eigenvalue weighted by Gasteiger charge is -2.11. The van der Waals surface area contributed by atoms with Gasteiger partial charge in [-0.3, -0.25) is 5.10 Å². The van der Waals surface area contributed by atoms with Crippen LogP contribution in [0.25, 0.3) is 11.3 Å². The van der Waals surface area contributed by atoms with Crippen LogP contribution in [0.1, 0.15) is 10.5 Å². The Kier molecular flexibility index (Phi) is 3.88. The largest absolute Gasteiger partial charge is 0.493 e. The van der Waals surface area contributed by atoms with Gasteiger partial charge in [-0.15, -0.1) is 0 Å². The number of halogens is 2. The average molecular weight is 332 g/mol. The second-order valence-electron chi connectivity index (χ2n) is 4.33. The lowest BCUT2D eigenvalue weighted by atomic mass is 10.1. The van der Waals surface area contributed by atoms with E-state index in [9.17, 15) is 22.0 Å². The topological polar surface area (TPSA) is 109 Å². The number of carboxylic acid groups (broad SMARTS) is 1. The summed E-state index contributed by atoms with van der Waals surface area (Å²) in [4.78, 5) is 9.67. The van der Waals surface area contributed by atoms with Gasteiger partial charge in [-0.2, -0.15) is 5.10 Å². The smallest absolute Gasteiger partial charge is 0.353 e. The number of aromatic nitrogens is 2. The minimum absolute atomic E-state index is 0.105. The van der Waals surface area contributed by atoms with Crippen LogP contribution in [0.3, 0.4) is 0 Å². The van der Waals surface area contributed by atoms with Crippen molar-refractivity contribution in [2.45, 2.75) is 4.90 Å². The van der Waals surface area contributed by atoms with E-state index in [1.165, 1.54) is 0 Å². The third kappa shape index (κ3) is 2.64. The zero-order valence-corrected chi connectivity index (χ0v) is 12.2. The lowest BCUT2D eigenvalue weighted by molar-refractivity contribution is 0.0690. The molecule has 0 atom stereocenters. The van der Waals surface area contributed by atoms with Crippen molar-refractivity contribution in [3.05, 3.63) is 29.5 Å². The molecule has 10 heteroatoms. The van der Waals surface area contributed by atoms with E-state index in [2.05, 4.69) is 10.2 Å². The Morgan fingerprint density at radius 2 is 2.00 bits per heavy atom. The van der Waals surface area contributed by atoms with E-state index in [1.807, 2.05) is 0 Å². The molecule has 0 aliphatic carbocycles. The number of carbonyl (C=O) groups is 1. The van der Waals surface area contributed by atoms with Crippen LogP contribution in [-0.4, -0.2) is 43.1 Å². The summed E-state index contributed by atoms with van der Waals surface area (Å²) >= 11 is 0. The molecule has 1 aromatic heterocycles. The summed E-state index contributed by atoms with van der Waals surface area (Å²) in [5.74, 6) is -4.59. The number of nitrogens with one attached hydrogen (secondary N) is 1. The van der Waals surface area contributed by atoms with Crippen LogP contribution >= 0.6 is 0 Å². The SMILES string of the molecule is COc1c(-c2cc(C(=O)O)[nH]n2)cc(F)c(S(C)(=O)=O)c1F. The van der Waals surface area contributed by atoms with E-state index in [0.29, 0.717) is 6.26 Å². The molecular formula is C12H10F2N2O5S. The molecule has 2 aromatic rings. The Hall–Kier alpha value is -2.49. The fraction of sp³-hybridized carbons (Fsp3) is 0.167. The van der Waals surface area contributed by atoms with Crippen LogP contribution in [0, 0.1) is 11.6 Å². The first-order chi connectivity index (χ1) is 10.2. The molecule has 2 N–H and O–H groups in total. The van der Waals surface area contributed by atoms with Gasteiger partial charge in [0, 0.05) is 6.26 Å². The molecule has 0 fully saturated rings. The number of H-pyrrole nitrogens is 1. The number of ether oxygens (including phenoxy) is 1. The Balaban J connectivity index is 2.75. The van der Waals surface area contributed by atoms with Crippen molar-refractivity contribution in [3.8, 4) is 17.0 Å². The number of hydrogen-bond donors (Lipinski definition) is 2. The van der Waals surface area contributed by atoms with Crippen LogP contribution in [0.2, 0.25) is 0 Å². The molecule has 0 amide bonds. The van der Waals surface area contributed by atoms with E-state index in [-0.39, 0.29) is 17.0 Å². The molecular weight excluding hydrogens is 322 g/mol.